The fourth-order valence-corrected chi connectivity index (χ4v) is 2.23. The van der Waals surface area contributed by atoms with E-state index in [2.05, 4.69) is 20.4 Å². The highest BCUT2D eigenvalue weighted by Crippen LogP contribution is 2.14. The Kier molecular flexibility index (Phi) is 3.13. The molecule has 0 fully saturated rings. The molecule has 0 aliphatic rings. The standard InChI is InChI=1S/C15H15N5O/c1-9-5-4-6-13(17-9)19-15(21)12-8-16-20-11(3)7-10(2)18-14(12)20/h4-8H,1-3H3,(H,17,19,21). The zero-order chi connectivity index (χ0) is 15.0. The van der Waals surface area contributed by atoms with Gasteiger partial charge in [0.1, 0.15) is 11.4 Å². The highest BCUT2D eigenvalue weighted by atomic mass is 16.1. The van der Waals surface area contributed by atoms with E-state index in [0.717, 1.165) is 17.1 Å². The Morgan fingerprint density at radius 3 is 2.71 bits per heavy atom. The first kappa shape index (κ1) is 13.2. The van der Waals surface area contributed by atoms with Gasteiger partial charge in [-0.1, -0.05) is 6.07 Å². The van der Waals surface area contributed by atoms with Crippen molar-refractivity contribution in [1.82, 2.24) is 19.6 Å². The number of rotatable bonds is 2. The average Bonchev–Trinajstić information content (AvgIpc) is 2.82. The van der Waals surface area contributed by atoms with Crippen LogP contribution in [0.2, 0.25) is 0 Å². The number of aryl methyl sites for hydroxylation is 3. The van der Waals surface area contributed by atoms with Crippen LogP contribution in [-0.2, 0) is 0 Å². The first-order valence-electron chi connectivity index (χ1n) is 6.61. The fraction of sp³-hybridized carbons (Fsp3) is 0.200. The molecule has 3 heterocycles. The van der Waals surface area contributed by atoms with E-state index in [9.17, 15) is 4.79 Å². The molecule has 0 unspecified atom stereocenters. The van der Waals surface area contributed by atoms with Crippen molar-refractivity contribution in [2.45, 2.75) is 20.8 Å². The maximum atomic E-state index is 12.4. The van der Waals surface area contributed by atoms with Gasteiger partial charge in [0.15, 0.2) is 5.65 Å². The number of carbonyl (C=O) groups excluding carboxylic acids is 1. The van der Waals surface area contributed by atoms with Gasteiger partial charge in [0, 0.05) is 17.1 Å². The van der Waals surface area contributed by atoms with Crippen molar-refractivity contribution in [2.75, 3.05) is 5.32 Å². The Balaban J connectivity index is 1.99. The van der Waals surface area contributed by atoms with Crippen LogP contribution in [0.3, 0.4) is 0 Å². The van der Waals surface area contributed by atoms with Crippen molar-refractivity contribution in [2.24, 2.45) is 0 Å². The molecule has 106 valence electrons. The van der Waals surface area contributed by atoms with Crippen molar-refractivity contribution >= 4 is 17.4 Å². The number of anilines is 1. The smallest absolute Gasteiger partial charge is 0.262 e. The number of fused-ring (bicyclic) bond motifs is 1. The molecule has 0 radical (unpaired) electrons. The molecular weight excluding hydrogens is 266 g/mol. The quantitative estimate of drug-likeness (QED) is 0.782. The van der Waals surface area contributed by atoms with E-state index < -0.39 is 0 Å². The molecule has 0 aromatic carbocycles. The summed E-state index contributed by atoms with van der Waals surface area (Å²) in [4.78, 5) is 21.0. The number of pyridine rings is 1. The third-order valence-electron chi connectivity index (χ3n) is 3.15. The highest BCUT2D eigenvalue weighted by molar-refractivity contribution is 6.07. The van der Waals surface area contributed by atoms with E-state index in [1.54, 1.807) is 10.6 Å². The van der Waals surface area contributed by atoms with Gasteiger partial charge in [0.05, 0.1) is 6.20 Å². The molecule has 0 saturated carbocycles. The number of amides is 1. The summed E-state index contributed by atoms with van der Waals surface area (Å²) in [6.45, 7) is 5.70. The van der Waals surface area contributed by atoms with Gasteiger partial charge in [0.2, 0.25) is 0 Å². The second kappa shape index (κ2) is 4.97. The lowest BCUT2D eigenvalue weighted by atomic mass is 10.3. The number of nitrogens with one attached hydrogen (secondary N) is 1. The number of nitrogens with zero attached hydrogens (tertiary/aromatic N) is 4. The number of hydrogen-bond acceptors (Lipinski definition) is 4. The predicted molar refractivity (Wildman–Crippen MR) is 79.4 cm³/mol. The summed E-state index contributed by atoms with van der Waals surface area (Å²) in [5.74, 6) is 0.254. The molecule has 21 heavy (non-hydrogen) atoms. The van der Waals surface area contributed by atoms with E-state index in [4.69, 9.17) is 0 Å². The largest absolute Gasteiger partial charge is 0.306 e. The molecule has 1 N–H and O–H groups in total. The zero-order valence-electron chi connectivity index (χ0n) is 12.1. The molecule has 3 rings (SSSR count). The van der Waals surface area contributed by atoms with Crippen LogP contribution in [0.1, 0.15) is 27.4 Å². The molecule has 0 bridgehead atoms. The lowest BCUT2D eigenvalue weighted by Gasteiger charge is -2.05. The monoisotopic (exact) mass is 281 g/mol. The molecule has 0 aliphatic carbocycles. The summed E-state index contributed by atoms with van der Waals surface area (Å²) >= 11 is 0. The molecule has 6 nitrogen and oxygen atoms in total. The van der Waals surface area contributed by atoms with E-state index in [0.29, 0.717) is 17.0 Å². The molecule has 0 atom stereocenters. The summed E-state index contributed by atoms with van der Waals surface area (Å²) in [6.07, 6.45) is 1.53. The van der Waals surface area contributed by atoms with Gasteiger partial charge in [-0.15, -0.1) is 0 Å². The van der Waals surface area contributed by atoms with Crippen LogP contribution < -0.4 is 5.32 Å². The Bertz CT molecular complexity index is 837. The highest BCUT2D eigenvalue weighted by Gasteiger charge is 2.16. The molecular formula is C15H15N5O. The minimum atomic E-state index is -0.263. The lowest BCUT2D eigenvalue weighted by Crippen LogP contribution is -2.13. The van der Waals surface area contributed by atoms with Gasteiger partial charge >= 0.3 is 0 Å². The zero-order valence-corrected chi connectivity index (χ0v) is 12.1. The lowest BCUT2D eigenvalue weighted by molar-refractivity contribution is 0.102. The third kappa shape index (κ3) is 2.47. The van der Waals surface area contributed by atoms with Gasteiger partial charge in [-0.2, -0.15) is 5.10 Å². The fourth-order valence-electron chi connectivity index (χ4n) is 2.23. The molecule has 0 spiro atoms. The van der Waals surface area contributed by atoms with E-state index in [-0.39, 0.29) is 5.91 Å². The van der Waals surface area contributed by atoms with Crippen LogP contribution in [0.4, 0.5) is 5.82 Å². The molecule has 0 aliphatic heterocycles. The Morgan fingerprint density at radius 2 is 1.95 bits per heavy atom. The molecule has 1 amide bonds. The average molecular weight is 281 g/mol. The first-order chi connectivity index (χ1) is 10.0. The Labute approximate surface area is 121 Å². The van der Waals surface area contributed by atoms with Crippen molar-refractivity contribution in [3.8, 4) is 0 Å². The molecule has 6 heteroatoms. The number of hydrogen-bond donors (Lipinski definition) is 1. The third-order valence-corrected chi connectivity index (χ3v) is 3.15. The van der Waals surface area contributed by atoms with Crippen LogP contribution in [0.5, 0.6) is 0 Å². The molecule has 3 aromatic rings. The van der Waals surface area contributed by atoms with Crippen LogP contribution >= 0.6 is 0 Å². The minimum absolute atomic E-state index is 0.263. The number of carbonyl (C=O) groups is 1. The summed E-state index contributed by atoms with van der Waals surface area (Å²) in [5.41, 5.74) is 3.62. The summed E-state index contributed by atoms with van der Waals surface area (Å²) in [5, 5.41) is 6.99. The normalized spacial score (nSPS) is 10.8. The van der Waals surface area contributed by atoms with Gasteiger partial charge < -0.3 is 5.32 Å². The van der Waals surface area contributed by atoms with Crippen LogP contribution in [-0.4, -0.2) is 25.5 Å². The van der Waals surface area contributed by atoms with Gasteiger partial charge in [0.25, 0.3) is 5.91 Å². The maximum Gasteiger partial charge on any atom is 0.262 e. The van der Waals surface area contributed by atoms with Crippen molar-refractivity contribution in [1.29, 1.82) is 0 Å². The van der Waals surface area contributed by atoms with Crippen LogP contribution in [0.25, 0.3) is 5.65 Å². The summed E-state index contributed by atoms with van der Waals surface area (Å²) in [6, 6.07) is 7.39. The maximum absolute atomic E-state index is 12.4. The van der Waals surface area contributed by atoms with Gasteiger partial charge in [-0.25, -0.2) is 14.5 Å². The summed E-state index contributed by atoms with van der Waals surface area (Å²) < 4.78 is 1.66. The second-order valence-electron chi connectivity index (χ2n) is 4.95. The van der Waals surface area contributed by atoms with Crippen molar-refractivity contribution < 1.29 is 4.79 Å². The second-order valence-corrected chi connectivity index (χ2v) is 4.95. The molecule has 0 saturated heterocycles. The van der Waals surface area contributed by atoms with E-state index >= 15 is 0 Å². The predicted octanol–water partition coefficient (Wildman–Crippen LogP) is 2.30. The van der Waals surface area contributed by atoms with Crippen molar-refractivity contribution in [3.05, 3.63) is 53.1 Å². The SMILES string of the molecule is Cc1cccc(NC(=O)c2cnn3c(C)cc(C)nc23)n1. The summed E-state index contributed by atoms with van der Waals surface area (Å²) in [7, 11) is 0. The van der Waals surface area contributed by atoms with Gasteiger partial charge in [-0.05, 0) is 39.0 Å². The van der Waals surface area contributed by atoms with Crippen LogP contribution in [0.15, 0.2) is 30.5 Å². The number of aromatic nitrogens is 4. The van der Waals surface area contributed by atoms with Crippen molar-refractivity contribution in [3.63, 3.8) is 0 Å². The van der Waals surface area contributed by atoms with Crippen LogP contribution in [0, 0.1) is 20.8 Å². The van der Waals surface area contributed by atoms with E-state index in [1.807, 2.05) is 39.0 Å². The molecule has 3 aromatic heterocycles. The topological polar surface area (TPSA) is 72.2 Å². The van der Waals surface area contributed by atoms with E-state index in [1.165, 1.54) is 6.20 Å². The van der Waals surface area contributed by atoms with Gasteiger partial charge in [-0.3, -0.25) is 4.79 Å². The minimum Gasteiger partial charge on any atom is -0.306 e. The first-order valence-corrected chi connectivity index (χ1v) is 6.61. The Morgan fingerprint density at radius 1 is 1.14 bits per heavy atom. The Hall–Kier alpha value is -2.76.